The zero-order valence-corrected chi connectivity index (χ0v) is 15.1. The summed E-state index contributed by atoms with van der Waals surface area (Å²) >= 11 is 0. The van der Waals surface area contributed by atoms with Crippen molar-refractivity contribution >= 4 is 15.2 Å². The molecule has 0 bridgehead atoms. The van der Waals surface area contributed by atoms with Gasteiger partial charge in [-0.25, -0.2) is 0 Å². The number of carbonyl (C=O) groups excluding carboxylic acids is 1. The van der Waals surface area contributed by atoms with E-state index in [1.165, 1.54) is 12.8 Å². The molecule has 0 saturated heterocycles. The van der Waals surface area contributed by atoms with Crippen molar-refractivity contribution in [3.05, 3.63) is 0 Å². The molecule has 0 N–H and O–H groups in total. The van der Waals surface area contributed by atoms with Gasteiger partial charge in [-0.1, -0.05) is 34.6 Å². The van der Waals surface area contributed by atoms with Crippen LogP contribution in [0, 0.1) is 23.2 Å². The maximum absolute atomic E-state index is 11.8. The highest BCUT2D eigenvalue weighted by atomic mass is 31.0. The minimum atomic E-state index is 0.212. The van der Waals surface area contributed by atoms with E-state index in [-0.39, 0.29) is 5.41 Å². The molecule has 1 aliphatic rings. The number of ketones is 1. The van der Waals surface area contributed by atoms with Gasteiger partial charge in [0.1, 0.15) is 5.78 Å². The fourth-order valence-corrected chi connectivity index (χ4v) is 4.08. The van der Waals surface area contributed by atoms with E-state index in [4.69, 9.17) is 4.52 Å². The number of rotatable bonds is 7. The summed E-state index contributed by atoms with van der Waals surface area (Å²) in [6.07, 6.45) is 6.49. The molecule has 0 aliphatic heterocycles. The lowest BCUT2D eigenvalue weighted by Gasteiger charge is -2.41. The Balaban J connectivity index is 2.53. The highest BCUT2D eigenvalue weighted by Gasteiger charge is 2.38. The third kappa shape index (κ3) is 4.81. The molecule has 1 fully saturated rings. The summed E-state index contributed by atoms with van der Waals surface area (Å²) in [6, 6.07) is 0. The molecule has 118 valence electrons. The van der Waals surface area contributed by atoms with E-state index in [1.807, 2.05) is 0 Å². The van der Waals surface area contributed by atoms with Crippen molar-refractivity contribution in [3.63, 3.8) is 0 Å². The van der Waals surface area contributed by atoms with E-state index >= 15 is 0 Å². The van der Waals surface area contributed by atoms with Crippen molar-refractivity contribution in [1.82, 2.24) is 0 Å². The van der Waals surface area contributed by atoms with E-state index in [9.17, 15) is 4.79 Å². The molecule has 0 amide bonds. The fourth-order valence-electron chi connectivity index (χ4n) is 3.63. The van der Waals surface area contributed by atoms with Crippen LogP contribution in [0.3, 0.4) is 0 Å². The highest BCUT2D eigenvalue weighted by Crippen LogP contribution is 2.45. The van der Waals surface area contributed by atoms with E-state index < -0.39 is 0 Å². The standard InChI is InChI=1S/C17H33O2P/c1-12(2)16(19-20)9-8-13(3)14(4)17(5)10-6-7-15(18)11-17/h12-14,16H,6-11,20H2,1-5H3/t13-,14-,16+,17+/m1/s1. The first-order valence-corrected chi connectivity index (χ1v) is 8.64. The summed E-state index contributed by atoms with van der Waals surface area (Å²) < 4.78 is 5.49. The summed E-state index contributed by atoms with van der Waals surface area (Å²) in [5.74, 6) is 2.27. The fraction of sp³-hybridized carbons (Fsp3) is 0.941. The van der Waals surface area contributed by atoms with E-state index in [2.05, 4.69) is 44.1 Å². The number of carbonyl (C=O) groups is 1. The zero-order valence-electron chi connectivity index (χ0n) is 13.9. The smallest absolute Gasteiger partial charge is 0.133 e. The number of Topliss-reactive ketones (excluding diaryl/α,β-unsaturated/α-hetero) is 1. The van der Waals surface area contributed by atoms with Crippen LogP contribution in [-0.2, 0) is 9.32 Å². The maximum Gasteiger partial charge on any atom is 0.133 e. The molecular formula is C17H33O2P. The van der Waals surface area contributed by atoms with Crippen LogP contribution in [0.15, 0.2) is 0 Å². The first kappa shape index (κ1) is 18.1. The maximum atomic E-state index is 11.8. The van der Waals surface area contributed by atoms with Crippen LogP contribution in [0.1, 0.15) is 73.1 Å². The minimum absolute atomic E-state index is 0.212. The van der Waals surface area contributed by atoms with Crippen molar-refractivity contribution in [1.29, 1.82) is 0 Å². The molecule has 20 heavy (non-hydrogen) atoms. The van der Waals surface area contributed by atoms with Crippen LogP contribution in [0.4, 0.5) is 0 Å². The molecule has 2 nitrogen and oxygen atoms in total. The number of hydrogen-bond acceptors (Lipinski definition) is 2. The summed E-state index contributed by atoms with van der Waals surface area (Å²) in [5.41, 5.74) is 0.212. The summed E-state index contributed by atoms with van der Waals surface area (Å²) in [5, 5.41) is 0. The van der Waals surface area contributed by atoms with Crippen molar-refractivity contribution in [2.45, 2.75) is 79.2 Å². The first-order chi connectivity index (χ1) is 9.30. The molecule has 3 heteroatoms. The average Bonchev–Trinajstić information content (AvgIpc) is 2.37. The molecular weight excluding hydrogens is 267 g/mol. The lowest BCUT2D eigenvalue weighted by atomic mass is 9.63. The van der Waals surface area contributed by atoms with Gasteiger partial charge < -0.3 is 4.52 Å². The molecule has 0 aromatic heterocycles. The average molecular weight is 300 g/mol. The second-order valence-corrected chi connectivity index (χ2v) is 7.76. The Hall–Kier alpha value is 0.0600. The highest BCUT2D eigenvalue weighted by molar-refractivity contribution is 7.09. The molecule has 0 aromatic carbocycles. The first-order valence-electron chi connectivity index (χ1n) is 8.17. The van der Waals surface area contributed by atoms with Gasteiger partial charge in [0.2, 0.25) is 0 Å². The summed E-state index contributed by atoms with van der Waals surface area (Å²) in [6.45, 7) is 11.4. The van der Waals surface area contributed by atoms with Gasteiger partial charge in [-0.2, -0.15) is 0 Å². The third-order valence-electron chi connectivity index (χ3n) is 5.58. The van der Waals surface area contributed by atoms with Crippen molar-refractivity contribution in [3.8, 4) is 0 Å². The van der Waals surface area contributed by atoms with Crippen LogP contribution >= 0.6 is 9.47 Å². The van der Waals surface area contributed by atoms with E-state index in [0.29, 0.717) is 29.6 Å². The Kier molecular flexibility index (Phi) is 7.15. The van der Waals surface area contributed by atoms with Gasteiger partial charge in [0.25, 0.3) is 0 Å². The van der Waals surface area contributed by atoms with E-state index in [1.54, 1.807) is 0 Å². The van der Waals surface area contributed by atoms with Crippen LogP contribution < -0.4 is 0 Å². The van der Waals surface area contributed by atoms with Gasteiger partial charge in [0.15, 0.2) is 0 Å². The largest absolute Gasteiger partial charge is 0.362 e. The quantitative estimate of drug-likeness (QED) is 0.617. The Morgan fingerprint density at radius 3 is 2.40 bits per heavy atom. The summed E-state index contributed by atoms with van der Waals surface area (Å²) in [4.78, 5) is 11.8. The van der Waals surface area contributed by atoms with Crippen LogP contribution in [0.2, 0.25) is 0 Å². The molecule has 0 spiro atoms. The topological polar surface area (TPSA) is 26.3 Å². The molecule has 1 aliphatic carbocycles. The molecule has 1 saturated carbocycles. The lowest BCUT2D eigenvalue weighted by Crippen LogP contribution is -2.35. The molecule has 0 radical (unpaired) electrons. The number of hydrogen-bond donors (Lipinski definition) is 0. The zero-order chi connectivity index (χ0) is 15.3. The van der Waals surface area contributed by atoms with Gasteiger partial charge in [-0.05, 0) is 48.9 Å². The van der Waals surface area contributed by atoms with Gasteiger partial charge in [-0.3, -0.25) is 4.79 Å². The van der Waals surface area contributed by atoms with Crippen LogP contribution in [0.25, 0.3) is 0 Å². The third-order valence-corrected chi connectivity index (χ3v) is 5.93. The molecule has 0 aromatic rings. The SMILES string of the molecule is CC(C)[C@H](CC[C@@H](C)[C@@H](C)[C@@]1(C)CCCC(=O)C1)OP. The van der Waals surface area contributed by atoms with E-state index in [0.717, 1.165) is 25.7 Å². The Morgan fingerprint density at radius 2 is 1.90 bits per heavy atom. The van der Waals surface area contributed by atoms with Gasteiger partial charge >= 0.3 is 0 Å². The second-order valence-electron chi connectivity index (χ2n) is 7.48. The van der Waals surface area contributed by atoms with Crippen LogP contribution in [-0.4, -0.2) is 11.9 Å². The summed E-state index contributed by atoms with van der Waals surface area (Å²) in [7, 11) is 2.41. The van der Waals surface area contributed by atoms with Gasteiger partial charge in [0.05, 0.1) is 6.10 Å². The molecule has 0 heterocycles. The Morgan fingerprint density at radius 1 is 1.25 bits per heavy atom. The Labute approximate surface area is 127 Å². The van der Waals surface area contributed by atoms with Crippen molar-refractivity contribution in [2.24, 2.45) is 23.2 Å². The van der Waals surface area contributed by atoms with Crippen molar-refractivity contribution in [2.75, 3.05) is 0 Å². The predicted molar refractivity (Wildman–Crippen MR) is 88.6 cm³/mol. The monoisotopic (exact) mass is 300 g/mol. The van der Waals surface area contributed by atoms with Gasteiger partial charge in [0, 0.05) is 22.3 Å². The normalized spacial score (nSPS) is 28.4. The van der Waals surface area contributed by atoms with Crippen molar-refractivity contribution < 1.29 is 9.32 Å². The predicted octanol–water partition coefficient (Wildman–Crippen LogP) is 5.02. The molecule has 1 rings (SSSR count). The van der Waals surface area contributed by atoms with Crippen LogP contribution in [0.5, 0.6) is 0 Å². The van der Waals surface area contributed by atoms with Gasteiger partial charge in [-0.15, -0.1) is 0 Å². The Bertz CT molecular complexity index is 316. The lowest BCUT2D eigenvalue weighted by molar-refractivity contribution is -0.125. The second kappa shape index (κ2) is 7.90. The minimum Gasteiger partial charge on any atom is -0.362 e. The molecule has 1 unspecified atom stereocenters. The molecule has 5 atom stereocenters.